The molecule has 0 saturated carbocycles. The van der Waals surface area contributed by atoms with Crippen molar-refractivity contribution in [3.8, 4) is 11.5 Å². The van der Waals surface area contributed by atoms with Crippen LogP contribution in [0.4, 0.5) is 0 Å². The van der Waals surface area contributed by atoms with E-state index in [4.69, 9.17) is 14.5 Å². The average molecular weight is 399 g/mol. The van der Waals surface area contributed by atoms with Crippen molar-refractivity contribution < 1.29 is 9.47 Å². The van der Waals surface area contributed by atoms with E-state index in [1.54, 1.807) is 38.1 Å². The lowest BCUT2D eigenvalue weighted by molar-refractivity contribution is 0.394. The molecule has 0 radical (unpaired) electrons. The summed E-state index contributed by atoms with van der Waals surface area (Å²) in [5.74, 6) is 1.56. The molecule has 0 N–H and O–H groups in total. The minimum absolute atomic E-state index is 0.777. The smallest absolute Gasteiger partial charge is 0.175 e. The van der Waals surface area contributed by atoms with Gasteiger partial charge in [-0.25, -0.2) is 15.0 Å². The quantitative estimate of drug-likeness (QED) is 0.463. The zero-order valence-corrected chi connectivity index (χ0v) is 16.6. The number of hydrogen-bond donors (Lipinski definition) is 0. The summed E-state index contributed by atoms with van der Waals surface area (Å²) in [6.07, 6.45) is 4.23. The Labute approximate surface area is 165 Å². The van der Waals surface area contributed by atoms with Crippen LogP contribution in [0.1, 0.15) is 5.56 Å². The molecule has 0 aliphatic rings. The third-order valence-electron chi connectivity index (χ3n) is 4.15. The maximum absolute atomic E-state index is 5.51. The SMILES string of the molecule is COc1ccc(OC)c(Sc2nc3cncnc3n2CCc2ccsc2)c1. The molecule has 1 aromatic carbocycles. The molecule has 0 fully saturated rings. The molecule has 0 atom stereocenters. The van der Waals surface area contributed by atoms with E-state index in [0.717, 1.165) is 45.7 Å². The summed E-state index contributed by atoms with van der Waals surface area (Å²) in [6.45, 7) is 0.791. The van der Waals surface area contributed by atoms with Gasteiger partial charge in [-0.15, -0.1) is 0 Å². The fourth-order valence-electron chi connectivity index (χ4n) is 2.77. The van der Waals surface area contributed by atoms with Gasteiger partial charge < -0.3 is 14.0 Å². The average Bonchev–Trinajstić information content (AvgIpc) is 3.33. The summed E-state index contributed by atoms with van der Waals surface area (Å²) in [5.41, 5.74) is 2.93. The molecular weight excluding hydrogens is 380 g/mol. The molecule has 4 rings (SSSR count). The first kappa shape index (κ1) is 17.8. The van der Waals surface area contributed by atoms with E-state index in [9.17, 15) is 0 Å². The van der Waals surface area contributed by atoms with Gasteiger partial charge in [0, 0.05) is 6.54 Å². The predicted molar refractivity (Wildman–Crippen MR) is 107 cm³/mol. The van der Waals surface area contributed by atoms with E-state index in [1.165, 1.54) is 17.3 Å². The van der Waals surface area contributed by atoms with Crippen LogP contribution in [0.3, 0.4) is 0 Å². The number of thiophene rings is 1. The first-order chi connectivity index (χ1) is 13.3. The molecule has 3 aromatic heterocycles. The van der Waals surface area contributed by atoms with Gasteiger partial charge in [0.05, 0.1) is 25.3 Å². The van der Waals surface area contributed by atoms with Crippen LogP contribution in [0.5, 0.6) is 11.5 Å². The summed E-state index contributed by atoms with van der Waals surface area (Å²) in [5, 5.41) is 5.12. The number of methoxy groups -OCH3 is 2. The molecule has 138 valence electrons. The molecule has 0 aliphatic heterocycles. The summed E-state index contributed by atoms with van der Waals surface area (Å²) >= 11 is 3.25. The van der Waals surface area contributed by atoms with Crippen molar-refractivity contribution in [3.63, 3.8) is 0 Å². The Balaban J connectivity index is 1.71. The van der Waals surface area contributed by atoms with Crippen molar-refractivity contribution in [1.82, 2.24) is 19.5 Å². The summed E-state index contributed by atoms with van der Waals surface area (Å²) in [6, 6.07) is 7.89. The maximum Gasteiger partial charge on any atom is 0.175 e. The molecular formula is C19H18N4O2S2. The van der Waals surface area contributed by atoms with E-state index in [0.29, 0.717) is 0 Å². The first-order valence-electron chi connectivity index (χ1n) is 8.35. The number of ether oxygens (including phenoxy) is 2. The van der Waals surface area contributed by atoms with Gasteiger partial charge in [0.1, 0.15) is 23.3 Å². The van der Waals surface area contributed by atoms with Crippen LogP contribution >= 0.6 is 23.1 Å². The van der Waals surface area contributed by atoms with Crippen LogP contribution in [0.15, 0.2) is 57.6 Å². The zero-order chi connectivity index (χ0) is 18.6. The van der Waals surface area contributed by atoms with Crippen LogP contribution in [0, 0.1) is 0 Å². The Morgan fingerprint density at radius 2 is 2.11 bits per heavy atom. The second-order valence-electron chi connectivity index (χ2n) is 5.78. The van der Waals surface area contributed by atoms with Crippen molar-refractivity contribution >= 4 is 34.3 Å². The van der Waals surface area contributed by atoms with Crippen molar-refractivity contribution in [2.75, 3.05) is 14.2 Å². The molecule has 3 heterocycles. The second kappa shape index (κ2) is 7.98. The summed E-state index contributed by atoms with van der Waals surface area (Å²) in [4.78, 5) is 14.2. The van der Waals surface area contributed by atoms with Gasteiger partial charge >= 0.3 is 0 Å². The van der Waals surface area contributed by atoms with Crippen LogP contribution in [0.2, 0.25) is 0 Å². The number of benzene rings is 1. The van der Waals surface area contributed by atoms with Crippen molar-refractivity contribution in [3.05, 3.63) is 53.1 Å². The minimum Gasteiger partial charge on any atom is -0.497 e. The molecule has 0 unspecified atom stereocenters. The standard InChI is InChI=1S/C19H18N4O2S2/c1-24-14-3-4-16(25-2)17(9-14)27-19-22-15-10-20-12-21-18(15)23(19)7-5-13-6-8-26-11-13/h3-4,6,8-12H,5,7H2,1-2H3. The zero-order valence-electron chi connectivity index (χ0n) is 15.0. The van der Waals surface area contributed by atoms with Gasteiger partial charge in [-0.1, -0.05) is 0 Å². The number of rotatable bonds is 7. The third-order valence-corrected chi connectivity index (χ3v) is 5.92. The van der Waals surface area contributed by atoms with Crippen LogP contribution in [0.25, 0.3) is 11.2 Å². The van der Waals surface area contributed by atoms with E-state index < -0.39 is 0 Å². The van der Waals surface area contributed by atoms with Gasteiger partial charge in [0.2, 0.25) is 0 Å². The maximum atomic E-state index is 5.51. The molecule has 27 heavy (non-hydrogen) atoms. The summed E-state index contributed by atoms with van der Waals surface area (Å²) in [7, 11) is 3.32. The van der Waals surface area contributed by atoms with Crippen LogP contribution < -0.4 is 9.47 Å². The van der Waals surface area contributed by atoms with E-state index in [-0.39, 0.29) is 0 Å². The van der Waals surface area contributed by atoms with Crippen LogP contribution in [-0.2, 0) is 13.0 Å². The molecule has 4 aromatic rings. The van der Waals surface area contributed by atoms with Gasteiger partial charge in [0.15, 0.2) is 10.8 Å². The largest absolute Gasteiger partial charge is 0.497 e. The number of fused-ring (bicyclic) bond motifs is 1. The molecule has 0 bridgehead atoms. The van der Waals surface area contributed by atoms with E-state index in [2.05, 4.69) is 31.4 Å². The lowest BCUT2D eigenvalue weighted by atomic mass is 10.2. The number of aromatic nitrogens is 4. The number of aryl methyl sites for hydroxylation is 2. The monoisotopic (exact) mass is 398 g/mol. The predicted octanol–water partition coefficient (Wildman–Crippen LogP) is 4.30. The van der Waals surface area contributed by atoms with Crippen molar-refractivity contribution in [1.29, 1.82) is 0 Å². The highest BCUT2D eigenvalue weighted by atomic mass is 32.2. The fourth-order valence-corrected chi connectivity index (χ4v) is 4.53. The molecule has 0 saturated heterocycles. The molecule has 0 amide bonds. The van der Waals surface area contributed by atoms with Gasteiger partial charge in [0.25, 0.3) is 0 Å². The molecule has 0 aliphatic carbocycles. The van der Waals surface area contributed by atoms with Gasteiger partial charge in [-0.2, -0.15) is 11.3 Å². The highest BCUT2D eigenvalue weighted by Crippen LogP contribution is 2.38. The Morgan fingerprint density at radius 3 is 2.89 bits per heavy atom. The molecule has 0 spiro atoms. The second-order valence-corrected chi connectivity index (χ2v) is 7.57. The van der Waals surface area contributed by atoms with E-state index in [1.807, 2.05) is 18.2 Å². The Hall–Kier alpha value is -2.58. The Kier molecular flexibility index (Phi) is 5.26. The number of imidazole rings is 1. The van der Waals surface area contributed by atoms with Gasteiger partial charge in [-0.05, 0) is 58.8 Å². The third kappa shape index (κ3) is 3.77. The Bertz CT molecular complexity index is 1050. The molecule has 8 heteroatoms. The Morgan fingerprint density at radius 1 is 1.19 bits per heavy atom. The first-order valence-corrected chi connectivity index (χ1v) is 10.1. The lowest BCUT2D eigenvalue weighted by Gasteiger charge is -2.11. The summed E-state index contributed by atoms with van der Waals surface area (Å²) < 4.78 is 13.0. The van der Waals surface area contributed by atoms with Crippen molar-refractivity contribution in [2.45, 2.75) is 23.0 Å². The highest BCUT2D eigenvalue weighted by Gasteiger charge is 2.16. The number of hydrogen-bond acceptors (Lipinski definition) is 7. The lowest BCUT2D eigenvalue weighted by Crippen LogP contribution is -2.03. The number of nitrogens with zero attached hydrogens (tertiary/aromatic N) is 4. The highest BCUT2D eigenvalue weighted by molar-refractivity contribution is 7.99. The normalized spacial score (nSPS) is 11.0. The van der Waals surface area contributed by atoms with Crippen molar-refractivity contribution in [2.24, 2.45) is 0 Å². The molecule has 6 nitrogen and oxygen atoms in total. The topological polar surface area (TPSA) is 62.1 Å². The fraction of sp³-hybridized carbons (Fsp3) is 0.211. The van der Waals surface area contributed by atoms with Crippen LogP contribution in [-0.4, -0.2) is 33.7 Å². The minimum atomic E-state index is 0.777. The van der Waals surface area contributed by atoms with Gasteiger partial charge in [-0.3, -0.25) is 0 Å². The van der Waals surface area contributed by atoms with E-state index >= 15 is 0 Å².